The van der Waals surface area contributed by atoms with Crippen molar-refractivity contribution in [3.05, 3.63) is 35.9 Å². The van der Waals surface area contributed by atoms with E-state index in [1.54, 1.807) is 0 Å². The Bertz CT molecular complexity index is 258. The third-order valence-electron chi connectivity index (χ3n) is 2.94. The molecule has 1 aromatic carbocycles. The molecule has 0 heterocycles. The number of rotatable bonds is 6. The molecule has 15 heavy (non-hydrogen) atoms. The van der Waals surface area contributed by atoms with Crippen molar-refractivity contribution in [1.29, 1.82) is 0 Å². The summed E-state index contributed by atoms with van der Waals surface area (Å²) in [4.78, 5) is 0. The second-order valence-electron chi connectivity index (χ2n) is 4.30. The molecule has 0 saturated heterocycles. The van der Waals surface area contributed by atoms with Gasteiger partial charge in [-0.2, -0.15) is 0 Å². The summed E-state index contributed by atoms with van der Waals surface area (Å²) in [5.41, 5.74) is 4.27. The van der Waals surface area contributed by atoms with Crippen LogP contribution in [0.25, 0.3) is 0 Å². The van der Waals surface area contributed by atoms with E-state index in [9.17, 15) is 0 Å². The van der Waals surface area contributed by atoms with Gasteiger partial charge < -0.3 is 0 Å². The fourth-order valence-corrected chi connectivity index (χ4v) is 1.76. The Hall–Kier alpha value is -0.860. The highest BCUT2D eigenvalue weighted by Crippen LogP contribution is 2.13. The highest BCUT2D eigenvalue weighted by atomic mass is 15.2. The van der Waals surface area contributed by atoms with Crippen LogP contribution in [0.1, 0.15) is 32.3 Å². The van der Waals surface area contributed by atoms with E-state index >= 15 is 0 Å². The molecule has 0 aliphatic rings. The van der Waals surface area contributed by atoms with E-state index in [2.05, 4.69) is 43.5 Å². The molecule has 0 aromatic heterocycles. The van der Waals surface area contributed by atoms with E-state index < -0.39 is 0 Å². The number of hydrogen-bond donors (Lipinski definition) is 2. The van der Waals surface area contributed by atoms with Crippen LogP contribution in [-0.2, 0) is 6.42 Å². The third kappa shape index (κ3) is 4.45. The molecule has 0 spiro atoms. The molecule has 1 aromatic rings. The minimum absolute atomic E-state index is 0.391. The smallest absolute Gasteiger partial charge is 0.0253 e. The predicted molar refractivity (Wildman–Crippen MR) is 65.3 cm³/mol. The van der Waals surface area contributed by atoms with E-state index in [0.29, 0.717) is 6.04 Å². The summed E-state index contributed by atoms with van der Waals surface area (Å²) in [6.07, 6.45) is 3.37. The van der Waals surface area contributed by atoms with Gasteiger partial charge in [0.1, 0.15) is 0 Å². The summed E-state index contributed by atoms with van der Waals surface area (Å²) < 4.78 is 0. The summed E-state index contributed by atoms with van der Waals surface area (Å²) in [6, 6.07) is 10.9. The van der Waals surface area contributed by atoms with Crippen LogP contribution in [0.3, 0.4) is 0 Å². The molecule has 0 aliphatic heterocycles. The second kappa shape index (κ2) is 6.59. The van der Waals surface area contributed by atoms with Gasteiger partial charge in [-0.05, 0) is 24.3 Å². The fourth-order valence-electron chi connectivity index (χ4n) is 1.76. The van der Waals surface area contributed by atoms with Gasteiger partial charge in [0, 0.05) is 6.04 Å². The van der Waals surface area contributed by atoms with Crippen LogP contribution in [0.5, 0.6) is 0 Å². The van der Waals surface area contributed by atoms with Gasteiger partial charge >= 0.3 is 0 Å². The number of nitrogens with two attached hydrogens (primary N) is 1. The topological polar surface area (TPSA) is 38.0 Å². The van der Waals surface area contributed by atoms with E-state index in [4.69, 9.17) is 5.84 Å². The van der Waals surface area contributed by atoms with E-state index in [0.717, 1.165) is 18.8 Å². The van der Waals surface area contributed by atoms with Crippen molar-refractivity contribution < 1.29 is 0 Å². The van der Waals surface area contributed by atoms with Crippen molar-refractivity contribution in [3.8, 4) is 0 Å². The Morgan fingerprint density at radius 2 is 1.93 bits per heavy atom. The quantitative estimate of drug-likeness (QED) is 0.554. The molecule has 2 nitrogen and oxygen atoms in total. The first-order chi connectivity index (χ1) is 7.26. The Morgan fingerprint density at radius 1 is 1.27 bits per heavy atom. The molecule has 0 saturated carbocycles. The van der Waals surface area contributed by atoms with Gasteiger partial charge in [-0.25, -0.2) is 0 Å². The molecule has 0 bridgehead atoms. The lowest BCUT2D eigenvalue weighted by molar-refractivity contribution is 0.396. The minimum atomic E-state index is 0.391. The largest absolute Gasteiger partial charge is 0.271 e. The molecule has 2 heteroatoms. The maximum atomic E-state index is 5.57. The maximum Gasteiger partial charge on any atom is 0.0253 e. The predicted octanol–water partition coefficient (Wildman–Crippen LogP) is 2.50. The van der Waals surface area contributed by atoms with Crippen LogP contribution in [0.2, 0.25) is 0 Å². The van der Waals surface area contributed by atoms with Gasteiger partial charge in [-0.15, -0.1) is 0 Å². The zero-order valence-corrected chi connectivity index (χ0v) is 9.74. The summed E-state index contributed by atoms with van der Waals surface area (Å²) in [5.74, 6) is 6.30. The van der Waals surface area contributed by atoms with Gasteiger partial charge in [0.2, 0.25) is 0 Å². The van der Waals surface area contributed by atoms with Gasteiger partial charge in [-0.3, -0.25) is 11.3 Å². The second-order valence-corrected chi connectivity index (χ2v) is 4.30. The monoisotopic (exact) mass is 206 g/mol. The van der Waals surface area contributed by atoms with Crippen molar-refractivity contribution in [2.75, 3.05) is 0 Å². The van der Waals surface area contributed by atoms with E-state index in [1.807, 2.05) is 6.07 Å². The third-order valence-corrected chi connectivity index (χ3v) is 2.94. The molecule has 0 amide bonds. The number of hydrogen-bond acceptors (Lipinski definition) is 2. The standard InChI is InChI=1S/C13H22N2/c1-3-11(2)9-13(15-14)10-12-7-5-4-6-8-12/h4-8,11,13,15H,3,9-10,14H2,1-2H3. The first kappa shape index (κ1) is 12.2. The molecular formula is C13H22N2. The van der Waals surface area contributed by atoms with E-state index in [1.165, 1.54) is 12.0 Å². The van der Waals surface area contributed by atoms with Crippen LogP contribution in [0.15, 0.2) is 30.3 Å². The lowest BCUT2D eigenvalue weighted by Gasteiger charge is -2.19. The maximum absolute atomic E-state index is 5.57. The zero-order valence-electron chi connectivity index (χ0n) is 9.74. The molecular weight excluding hydrogens is 184 g/mol. The van der Waals surface area contributed by atoms with Crippen molar-refractivity contribution in [1.82, 2.24) is 5.43 Å². The molecule has 2 unspecified atom stereocenters. The van der Waals surface area contributed by atoms with Crippen LogP contribution in [-0.4, -0.2) is 6.04 Å². The summed E-state index contributed by atoms with van der Waals surface area (Å²) in [5, 5.41) is 0. The lowest BCUT2D eigenvalue weighted by Crippen LogP contribution is -2.37. The normalized spacial score (nSPS) is 14.9. The van der Waals surface area contributed by atoms with Crippen molar-refractivity contribution in [2.45, 2.75) is 39.2 Å². The van der Waals surface area contributed by atoms with Crippen LogP contribution in [0.4, 0.5) is 0 Å². The SMILES string of the molecule is CCC(C)CC(Cc1ccccc1)NN. The Kier molecular flexibility index (Phi) is 5.37. The fraction of sp³-hybridized carbons (Fsp3) is 0.538. The zero-order chi connectivity index (χ0) is 11.1. The molecule has 2 atom stereocenters. The highest BCUT2D eigenvalue weighted by molar-refractivity contribution is 5.15. The Labute approximate surface area is 92.8 Å². The Balaban J connectivity index is 2.47. The molecule has 0 radical (unpaired) electrons. The first-order valence-corrected chi connectivity index (χ1v) is 5.76. The minimum Gasteiger partial charge on any atom is -0.271 e. The van der Waals surface area contributed by atoms with Gasteiger partial charge in [-0.1, -0.05) is 50.6 Å². The summed E-state index contributed by atoms with van der Waals surface area (Å²) in [7, 11) is 0. The molecule has 0 fully saturated rings. The van der Waals surface area contributed by atoms with Crippen molar-refractivity contribution in [2.24, 2.45) is 11.8 Å². The number of hydrazine groups is 1. The van der Waals surface area contributed by atoms with Crippen LogP contribution < -0.4 is 11.3 Å². The molecule has 1 rings (SSSR count). The average molecular weight is 206 g/mol. The lowest BCUT2D eigenvalue weighted by atomic mass is 9.95. The van der Waals surface area contributed by atoms with Gasteiger partial charge in [0.05, 0.1) is 0 Å². The Morgan fingerprint density at radius 3 is 2.47 bits per heavy atom. The first-order valence-electron chi connectivity index (χ1n) is 5.76. The number of benzene rings is 1. The molecule has 3 N–H and O–H groups in total. The summed E-state index contributed by atoms with van der Waals surface area (Å²) >= 11 is 0. The molecule has 84 valence electrons. The van der Waals surface area contributed by atoms with Crippen molar-refractivity contribution in [3.63, 3.8) is 0 Å². The summed E-state index contributed by atoms with van der Waals surface area (Å²) in [6.45, 7) is 4.50. The van der Waals surface area contributed by atoms with Crippen molar-refractivity contribution >= 4 is 0 Å². The number of nitrogens with one attached hydrogen (secondary N) is 1. The average Bonchev–Trinajstić information content (AvgIpc) is 2.29. The molecule has 0 aliphatic carbocycles. The highest BCUT2D eigenvalue weighted by Gasteiger charge is 2.10. The van der Waals surface area contributed by atoms with Gasteiger partial charge in [0.15, 0.2) is 0 Å². The van der Waals surface area contributed by atoms with Crippen LogP contribution >= 0.6 is 0 Å². The van der Waals surface area contributed by atoms with Gasteiger partial charge in [0.25, 0.3) is 0 Å². The van der Waals surface area contributed by atoms with Crippen LogP contribution in [0, 0.1) is 5.92 Å². The van der Waals surface area contributed by atoms with E-state index in [-0.39, 0.29) is 0 Å².